The van der Waals surface area contributed by atoms with Crippen LogP contribution in [0.5, 0.6) is 5.88 Å². The average Bonchev–Trinajstić information content (AvgIpc) is 3.39. The molecule has 4 aromatic rings. The number of nitrogens with zero attached hydrogens (tertiary/aromatic N) is 4. The minimum Gasteiger partial charge on any atom is -0.480 e. The monoisotopic (exact) mass is 404 g/mol. The van der Waals surface area contributed by atoms with Crippen molar-refractivity contribution < 1.29 is 9.47 Å². The van der Waals surface area contributed by atoms with Crippen LogP contribution in [-0.4, -0.2) is 49.9 Å². The van der Waals surface area contributed by atoms with Crippen molar-refractivity contribution in [2.75, 3.05) is 19.0 Å². The fourth-order valence-electron chi connectivity index (χ4n) is 4.79. The second-order valence-corrected chi connectivity index (χ2v) is 8.30. The van der Waals surface area contributed by atoms with Gasteiger partial charge in [-0.1, -0.05) is 0 Å². The summed E-state index contributed by atoms with van der Waals surface area (Å²) in [6, 6.07) is 6.48. The second kappa shape index (κ2) is 6.70. The largest absolute Gasteiger partial charge is 0.480 e. The third-order valence-electron chi connectivity index (χ3n) is 6.60. The zero-order chi connectivity index (χ0) is 20.1. The molecule has 0 atom stereocenters. The molecule has 6 rings (SSSR count). The second-order valence-electron chi connectivity index (χ2n) is 8.30. The molecule has 1 spiro atoms. The quantitative estimate of drug-likeness (QED) is 0.538. The molecule has 0 amide bonds. The van der Waals surface area contributed by atoms with E-state index >= 15 is 0 Å². The molecule has 4 aromatic heterocycles. The van der Waals surface area contributed by atoms with Gasteiger partial charge in [-0.2, -0.15) is 15.1 Å². The van der Waals surface area contributed by atoms with E-state index in [1.54, 1.807) is 13.3 Å². The highest BCUT2D eigenvalue weighted by Crippen LogP contribution is 2.41. The van der Waals surface area contributed by atoms with Gasteiger partial charge in [0.25, 0.3) is 0 Å². The lowest BCUT2D eigenvalue weighted by molar-refractivity contribution is -0.165. The van der Waals surface area contributed by atoms with Crippen LogP contribution in [-0.2, 0) is 4.74 Å². The van der Waals surface area contributed by atoms with E-state index in [-0.39, 0.29) is 5.60 Å². The first-order valence-corrected chi connectivity index (χ1v) is 10.5. The molecular weight excluding hydrogens is 380 g/mol. The van der Waals surface area contributed by atoms with Crippen molar-refractivity contribution in [2.45, 2.75) is 43.7 Å². The summed E-state index contributed by atoms with van der Waals surface area (Å²) in [4.78, 5) is 12.7. The molecule has 0 bridgehead atoms. The number of methoxy groups -OCH3 is 1. The molecule has 0 unspecified atom stereocenters. The van der Waals surface area contributed by atoms with Crippen molar-refractivity contribution in [2.24, 2.45) is 0 Å². The molecule has 154 valence electrons. The molecule has 30 heavy (non-hydrogen) atoms. The maximum atomic E-state index is 5.83. The van der Waals surface area contributed by atoms with Gasteiger partial charge in [-0.3, -0.25) is 0 Å². The Morgan fingerprint density at radius 1 is 1.23 bits per heavy atom. The van der Waals surface area contributed by atoms with Crippen LogP contribution >= 0.6 is 0 Å². The van der Waals surface area contributed by atoms with Crippen LogP contribution in [0.3, 0.4) is 0 Å². The first-order chi connectivity index (χ1) is 14.7. The van der Waals surface area contributed by atoms with Crippen LogP contribution in [0.1, 0.15) is 32.1 Å². The van der Waals surface area contributed by atoms with Gasteiger partial charge in [0.1, 0.15) is 5.65 Å². The van der Waals surface area contributed by atoms with Crippen LogP contribution < -0.4 is 10.1 Å². The molecular formula is C22H24N6O2. The Labute approximate surface area is 173 Å². The van der Waals surface area contributed by atoms with Crippen LogP contribution in [0.25, 0.3) is 27.7 Å². The van der Waals surface area contributed by atoms with Gasteiger partial charge in [0.2, 0.25) is 11.8 Å². The van der Waals surface area contributed by atoms with Crippen molar-refractivity contribution in [3.8, 4) is 17.0 Å². The van der Waals surface area contributed by atoms with Gasteiger partial charge in [-0.05, 0) is 55.9 Å². The molecule has 1 aliphatic carbocycles. The smallest absolute Gasteiger partial charge is 0.228 e. The van der Waals surface area contributed by atoms with E-state index in [9.17, 15) is 0 Å². The average molecular weight is 404 g/mol. The molecule has 0 radical (unpaired) electrons. The summed E-state index contributed by atoms with van der Waals surface area (Å²) in [5.41, 5.74) is 4.03. The summed E-state index contributed by atoms with van der Waals surface area (Å²) in [5, 5.41) is 8.67. The number of H-pyrrole nitrogens is 1. The van der Waals surface area contributed by atoms with Gasteiger partial charge in [-0.15, -0.1) is 0 Å². The number of aromatic nitrogens is 5. The normalized spacial score (nSPS) is 23.7. The van der Waals surface area contributed by atoms with Crippen molar-refractivity contribution in [1.82, 2.24) is 24.6 Å². The number of ether oxygens (including phenoxy) is 2. The summed E-state index contributed by atoms with van der Waals surface area (Å²) >= 11 is 0. The number of aromatic amines is 1. The van der Waals surface area contributed by atoms with Crippen LogP contribution in [0.4, 0.5) is 5.95 Å². The van der Waals surface area contributed by atoms with E-state index in [0.29, 0.717) is 17.9 Å². The van der Waals surface area contributed by atoms with Gasteiger partial charge in [0.05, 0.1) is 30.2 Å². The summed E-state index contributed by atoms with van der Waals surface area (Å²) < 4.78 is 13.3. The minimum atomic E-state index is 0.158. The summed E-state index contributed by atoms with van der Waals surface area (Å²) in [6.45, 7) is 0.915. The Hall–Kier alpha value is -3.13. The van der Waals surface area contributed by atoms with Crippen LogP contribution in [0, 0.1) is 0 Å². The number of pyridine rings is 1. The lowest BCUT2D eigenvalue weighted by atomic mass is 9.77. The van der Waals surface area contributed by atoms with Crippen molar-refractivity contribution in [3.63, 3.8) is 0 Å². The Kier molecular flexibility index (Phi) is 3.95. The van der Waals surface area contributed by atoms with E-state index in [1.807, 2.05) is 29.0 Å². The Morgan fingerprint density at radius 3 is 2.87 bits per heavy atom. The van der Waals surface area contributed by atoms with Crippen LogP contribution in [0.15, 0.2) is 36.8 Å². The van der Waals surface area contributed by atoms with Gasteiger partial charge in [0, 0.05) is 30.2 Å². The summed E-state index contributed by atoms with van der Waals surface area (Å²) in [5.74, 6) is 1.18. The number of anilines is 1. The van der Waals surface area contributed by atoms with Gasteiger partial charge >= 0.3 is 0 Å². The summed E-state index contributed by atoms with van der Waals surface area (Å²) in [6.07, 6.45) is 11.3. The van der Waals surface area contributed by atoms with Crippen molar-refractivity contribution in [3.05, 3.63) is 36.8 Å². The first-order valence-electron chi connectivity index (χ1n) is 10.5. The van der Waals surface area contributed by atoms with Gasteiger partial charge in [0.15, 0.2) is 0 Å². The maximum absolute atomic E-state index is 5.83. The van der Waals surface area contributed by atoms with Crippen LogP contribution in [0.2, 0.25) is 0 Å². The van der Waals surface area contributed by atoms with E-state index in [0.717, 1.165) is 60.0 Å². The molecule has 2 N–H and O–H groups in total. The predicted molar refractivity (Wildman–Crippen MR) is 114 cm³/mol. The molecule has 5 heterocycles. The molecule has 0 aromatic carbocycles. The fourth-order valence-corrected chi connectivity index (χ4v) is 4.79. The number of rotatable bonds is 4. The van der Waals surface area contributed by atoms with E-state index in [1.165, 1.54) is 6.42 Å². The van der Waals surface area contributed by atoms with Gasteiger partial charge < -0.3 is 19.8 Å². The lowest BCUT2D eigenvalue weighted by Gasteiger charge is -2.46. The SMILES string of the molecule is COc1nc(N[C@H]2CC[C@]3(CCO3)CC2)nc2[nH]cc(-c3ccn4nccc4c3)c12. The standard InChI is InChI=1S/C22H24N6O2/c1-29-20-18-17(14-5-10-28-16(12-14)4-9-24-28)13-23-19(18)26-21(27-20)25-15-2-6-22(7-3-15)8-11-30-22/h4-5,9-10,12-13,15H,2-3,6-8,11H2,1H3,(H2,23,25,26,27)/t15-,22+. The molecule has 1 aliphatic heterocycles. The Bertz CT molecular complexity index is 1220. The highest BCUT2D eigenvalue weighted by Gasteiger charge is 2.41. The highest BCUT2D eigenvalue weighted by atomic mass is 16.5. The zero-order valence-corrected chi connectivity index (χ0v) is 16.9. The third kappa shape index (κ3) is 2.82. The number of hydrogen-bond donors (Lipinski definition) is 2. The predicted octanol–water partition coefficient (Wildman–Crippen LogP) is 3.79. The third-order valence-corrected chi connectivity index (χ3v) is 6.60. The minimum absolute atomic E-state index is 0.158. The molecule has 8 nitrogen and oxygen atoms in total. The Morgan fingerprint density at radius 2 is 2.10 bits per heavy atom. The fraction of sp³-hybridized carbons (Fsp3) is 0.409. The highest BCUT2D eigenvalue weighted by molar-refractivity contribution is 5.98. The number of nitrogens with one attached hydrogen (secondary N) is 2. The Balaban J connectivity index is 1.31. The lowest BCUT2D eigenvalue weighted by Crippen LogP contribution is -2.48. The maximum Gasteiger partial charge on any atom is 0.228 e. The topological polar surface area (TPSA) is 89.4 Å². The molecule has 1 saturated heterocycles. The number of hydrogen-bond acceptors (Lipinski definition) is 6. The zero-order valence-electron chi connectivity index (χ0n) is 16.9. The first kappa shape index (κ1) is 17.7. The summed E-state index contributed by atoms with van der Waals surface area (Å²) in [7, 11) is 1.65. The molecule has 2 aliphatic rings. The molecule has 1 saturated carbocycles. The van der Waals surface area contributed by atoms with E-state index in [4.69, 9.17) is 14.5 Å². The van der Waals surface area contributed by atoms with Crippen molar-refractivity contribution in [1.29, 1.82) is 0 Å². The van der Waals surface area contributed by atoms with Crippen molar-refractivity contribution >= 4 is 22.5 Å². The van der Waals surface area contributed by atoms with E-state index in [2.05, 4.69) is 26.4 Å². The molecule has 2 fully saturated rings. The number of fused-ring (bicyclic) bond motifs is 2. The molecule has 8 heteroatoms. The van der Waals surface area contributed by atoms with E-state index < -0.39 is 0 Å². The van der Waals surface area contributed by atoms with Gasteiger partial charge in [-0.25, -0.2) is 4.52 Å².